The van der Waals surface area contributed by atoms with Gasteiger partial charge in [0.25, 0.3) is 5.88 Å². The van der Waals surface area contributed by atoms with Gasteiger partial charge in [-0.15, -0.1) is 11.3 Å². The van der Waals surface area contributed by atoms with Crippen LogP contribution in [-0.2, 0) is 22.5 Å². The number of esters is 1. The fourth-order valence-corrected chi connectivity index (χ4v) is 5.41. The van der Waals surface area contributed by atoms with Gasteiger partial charge in [-0.05, 0) is 62.6 Å². The molecular formula is C26H27F5N4O3S. The van der Waals surface area contributed by atoms with Crippen molar-refractivity contribution in [2.24, 2.45) is 5.41 Å². The van der Waals surface area contributed by atoms with Crippen LogP contribution < -0.4 is 10.1 Å². The van der Waals surface area contributed by atoms with Gasteiger partial charge in [0.2, 0.25) is 0 Å². The summed E-state index contributed by atoms with van der Waals surface area (Å²) in [7, 11) is 1.28. The number of ether oxygens (including phenoxy) is 2. The zero-order valence-corrected chi connectivity index (χ0v) is 22.0. The number of hydrogen-bond acceptors (Lipinski definition) is 8. The normalized spacial score (nSPS) is 20.0. The number of nitrogens with zero attached hydrogens (tertiary/aromatic N) is 3. The van der Waals surface area contributed by atoms with Crippen molar-refractivity contribution in [3.05, 3.63) is 64.8 Å². The molecule has 1 saturated heterocycles. The first-order chi connectivity index (χ1) is 18.5. The van der Waals surface area contributed by atoms with E-state index >= 15 is 0 Å². The van der Waals surface area contributed by atoms with Gasteiger partial charge in [-0.3, -0.25) is 9.69 Å². The summed E-state index contributed by atoms with van der Waals surface area (Å²) in [5, 5.41) is 5.57. The van der Waals surface area contributed by atoms with Crippen LogP contribution in [0.15, 0.2) is 42.0 Å². The van der Waals surface area contributed by atoms with Crippen molar-refractivity contribution in [1.82, 2.24) is 14.9 Å². The average molecular weight is 571 g/mol. The Morgan fingerprint density at radius 2 is 2.00 bits per heavy atom. The number of benzene rings is 1. The van der Waals surface area contributed by atoms with Gasteiger partial charge in [-0.1, -0.05) is 0 Å². The van der Waals surface area contributed by atoms with Gasteiger partial charge in [0, 0.05) is 41.6 Å². The van der Waals surface area contributed by atoms with Crippen molar-refractivity contribution >= 4 is 28.1 Å². The van der Waals surface area contributed by atoms with Gasteiger partial charge in [0.15, 0.2) is 17.6 Å². The van der Waals surface area contributed by atoms with Crippen LogP contribution >= 0.6 is 11.3 Å². The molecule has 2 unspecified atom stereocenters. The molecule has 2 aromatic heterocycles. The molecule has 1 aliphatic heterocycles. The first-order valence-electron chi connectivity index (χ1n) is 12.1. The molecule has 0 aliphatic carbocycles. The van der Waals surface area contributed by atoms with Gasteiger partial charge < -0.3 is 14.8 Å². The Kier molecular flexibility index (Phi) is 8.70. The van der Waals surface area contributed by atoms with E-state index in [1.54, 1.807) is 18.3 Å². The van der Waals surface area contributed by atoms with Crippen molar-refractivity contribution < 1.29 is 36.2 Å². The number of aromatic nitrogens is 2. The first kappa shape index (κ1) is 28.7. The van der Waals surface area contributed by atoms with Crippen LogP contribution in [0.4, 0.5) is 32.8 Å². The Hall–Kier alpha value is -3.32. The van der Waals surface area contributed by atoms with Crippen LogP contribution in [0.3, 0.4) is 0 Å². The van der Waals surface area contributed by atoms with Gasteiger partial charge in [0.1, 0.15) is 5.82 Å². The van der Waals surface area contributed by atoms with Crippen LogP contribution in [0.2, 0.25) is 0 Å². The van der Waals surface area contributed by atoms with E-state index < -0.39 is 41.7 Å². The lowest BCUT2D eigenvalue weighted by Crippen LogP contribution is -2.50. The third kappa shape index (κ3) is 7.01. The van der Waals surface area contributed by atoms with Crippen LogP contribution in [0, 0.1) is 17.0 Å². The average Bonchev–Trinajstić information content (AvgIpc) is 3.40. The quantitative estimate of drug-likeness (QED) is 0.254. The molecule has 0 amide bonds. The molecule has 0 saturated carbocycles. The molecular weight excluding hydrogens is 543 g/mol. The van der Waals surface area contributed by atoms with E-state index in [2.05, 4.69) is 20.0 Å². The maximum absolute atomic E-state index is 14.9. The molecule has 0 spiro atoms. The minimum Gasteiger partial charge on any atom is -0.469 e. The van der Waals surface area contributed by atoms with Crippen molar-refractivity contribution in [3.8, 4) is 5.88 Å². The van der Waals surface area contributed by atoms with Crippen LogP contribution in [0.5, 0.6) is 5.88 Å². The second-order valence-corrected chi connectivity index (χ2v) is 10.4. The first-order valence-corrected chi connectivity index (χ1v) is 13.0. The largest absolute Gasteiger partial charge is 0.469 e. The Bertz CT molecular complexity index is 1290. The molecule has 1 aliphatic rings. The smallest absolute Gasteiger partial charge is 0.422 e. The van der Waals surface area contributed by atoms with Crippen molar-refractivity contribution in [2.45, 2.75) is 44.9 Å². The number of carbonyl (C=O) groups is 1. The SMILES string of the molecule is COC(=O)C1(Cc2cc(Nc3nccs3)ccc2F)CCN(Cc2ccnc(OCC(F)(F)F)c2F)C(C)C1. The summed E-state index contributed by atoms with van der Waals surface area (Å²) < 4.78 is 76.9. The molecule has 210 valence electrons. The van der Waals surface area contributed by atoms with E-state index in [0.29, 0.717) is 35.8 Å². The van der Waals surface area contributed by atoms with Gasteiger partial charge in [-0.2, -0.15) is 13.2 Å². The van der Waals surface area contributed by atoms with E-state index in [4.69, 9.17) is 4.74 Å². The van der Waals surface area contributed by atoms with E-state index in [0.717, 1.165) is 0 Å². The highest BCUT2D eigenvalue weighted by Crippen LogP contribution is 2.41. The summed E-state index contributed by atoms with van der Waals surface area (Å²) >= 11 is 1.39. The van der Waals surface area contributed by atoms with E-state index in [-0.39, 0.29) is 24.6 Å². The monoisotopic (exact) mass is 570 g/mol. The van der Waals surface area contributed by atoms with Crippen LogP contribution in [0.25, 0.3) is 0 Å². The van der Waals surface area contributed by atoms with Crippen molar-refractivity contribution in [3.63, 3.8) is 0 Å². The van der Waals surface area contributed by atoms with E-state index in [9.17, 15) is 26.7 Å². The van der Waals surface area contributed by atoms with E-state index in [1.165, 1.54) is 36.8 Å². The standard InChI is InChI=1S/C26H27F5N4O3S/c1-16-12-25(23(36)37-2,13-18-11-19(3-4-20(18)27)34-24-33-8-10-39-24)6-9-35(16)14-17-5-7-32-22(21(17)28)38-15-26(29,30)31/h3-5,7-8,10-11,16H,6,9,12-15H2,1-2H3,(H,33,34). The summed E-state index contributed by atoms with van der Waals surface area (Å²) in [6, 6.07) is 5.68. The Balaban J connectivity index is 1.50. The number of thiazole rings is 1. The summed E-state index contributed by atoms with van der Waals surface area (Å²) in [4.78, 5) is 22.7. The highest BCUT2D eigenvalue weighted by molar-refractivity contribution is 7.13. The van der Waals surface area contributed by atoms with Gasteiger partial charge in [0.05, 0.1) is 12.5 Å². The minimum absolute atomic E-state index is 0.0662. The number of piperidine rings is 1. The third-order valence-corrected chi connectivity index (χ3v) is 7.44. The summed E-state index contributed by atoms with van der Waals surface area (Å²) in [5.41, 5.74) is 0.0627. The molecule has 0 radical (unpaired) electrons. The predicted molar refractivity (Wildman–Crippen MR) is 135 cm³/mol. The maximum Gasteiger partial charge on any atom is 0.422 e. The Morgan fingerprint density at radius 1 is 1.21 bits per heavy atom. The Labute approximate surface area is 226 Å². The Morgan fingerprint density at radius 3 is 2.67 bits per heavy atom. The molecule has 3 heterocycles. The van der Waals surface area contributed by atoms with Crippen LogP contribution in [0.1, 0.15) is 30.9 Å². The number of anilines is 2. The summed E-state index contributed by atoms with van der Waals surface area (Å²) in [6.07, 6.45) is -1.10. The molecule has 13 heteroatoms. The molecule has 1 fully saturated rings. The number of rotatable bonds is 9. The summed E-state index contributed by atoms with van der Waals surface area (Å²) in [5.74, 6) is -2.61. The number of hydrogen-bond donors (Lipinski definition) is 1. The van der Waals surface area contributed by atoms with Crippen molar-refractivity contribution in [2.75, 3.05) is 25.6 Å². The number of carbonyl (C=O) groups excluding carboxylic acids is 1. The predicted octanol–water partition coefficient (Wildman–Crippen LogP) is 5.89. The zero-order valence-electron chi connectivity index (χ0n) is 21.2. The molecule has 4 rings (SSSR count). The molecule has 7 nitrogen and oxygen atoms in total. The fraction of sp³-hybridized carbons (Fsp3) is 0.423. The second kappa shape index (κ2) is 11.8. The lowest BCUT2D eigenvalue weighted by atomic mass is 9.71. The van der Waals surface area contributed by atoms with Crippen molar-refractivity contribution in [1.29, 1.82) is 0 Å². The maximum atomic E-state index is 14.9. The van der Waals surface area contributed by atoms with Gasteiger partial charge in [-0.25, -0.2) is 18.7 Å². The highest BCUT2D eigenvalue weighted by Gasteiger charge is 2.45. The zero-order chi connectivity index (χ0) is 28.2. The topological polar surface area (TPSA) is 76.6 Å². The lowest BCUT2D eigenvalue weighted by Gasteiger charge is -2.44. The fourth-order valence-electron chi connectivity index (χ4n) is 4.86. The lowest BCUT2D eigenvalue weighted by molar-refractivity contribution is -0.157. The van der Waals surface area contributed by atoms with E-state index in [1.807, 2.05) is 17.2 Å². The number of methoxy groups -OCH3 is 1. The third-order valence-electron chi connectivity index (χ3n) is 6.75. The minimum atomic E-state index is -4.63. The number of nitrogens with one attached hydrogen (secondary N) is 1. The molecule has 3 aromatic rings. The number of pyridine rings is 1. The molecule has 39 heavy (non-hydrogen) atoms. The molecule has 1 N–H and O–H groups in total. The van der Waals surface area contributed by atoms with Crippen LogP contribution in [-0.4, -0.2) is 53.3 Å². The second-order valence-electron chi connectivity index (χ2n) is 9.48. The summed E-state index contributed by atoms with van der Waals surface area (Å²) in [6.45, 7) is 0.610. The number of alkyl halides is 3. The highest BCUT2D eigenvalue weighted by atomic mass is 32.1. The van der Waals surface area contributed by atoms with Gasteiger partial charge >= 0.3 is 12.1 Å². The number of halogens is 5. The molecule has 1 aromatic carbocycles. The molecule has 2 atom stereocenters. The number of likely N-dealkylation sites (tertiary alicyclic amines) is 1. The molecule has 0 bridgehead atoms.